The molecule has 1 N–H and O–H groups in total. The second-order valence-electron chi connectivity index (χ2n) is 7.49. The highest BCUT2D eigenvalue weighted by molar-refractivity contribution is 7.19. The quantitative estimate of drug-likeness (QED) is 0.512. The van der Waals surface area contributed by atoms with Gasteiger partial charge in [-0.2, -0.15) is 5.26 Å². The van der Waals surface area contributed by atoms with Gasteiger partial charge in [0, 0.05) is 42.8 Å². The molecule has 5 rings (SSSR count). The first-order valence-electron chi connectivity index (χ1n) is 10.2. The molecule has 0 unspecified atom stereocenters. The number of rotatable bonds is 3. The largest absolute Gasteiger partial charge is 0.378 e. The van der Waals surface area contributed by atoms with Crippen LogP contribution >= 0.6 is 11.3 Å². The second kappa shape index (κ2) is 8.42. The first kappa shape index (κ1) is 20.2. The van der Waals surface area contributed by atoms with Crippen LogP contribution in [0.4, 0.5) is 9.93 Å². The SMILES string of the molecule is Cc1cc(-c2sc(NC(=O)N3CCOCC3)nc2-c2cccc(C#N)c2)cn2ccnc12. The summed E-state index contributed by atoms with van der Waals surface area (Å²) in [5, 5.41) is 12.8. The molecular formula is C23H20N6O2S. The van der Waals surface area contributed by atoms with Crippen molar-refractivity contribution in [3.63, 3.8) is 0 Å². The number of morpholine rings is 1. The van der Waals surface area contributed by atoms with Crippen molar-refractivity contribution in [3.05, 3.63) is 60.0 Å². The lowest BCUT2D eigenvalue weighted by atomic mass is 10.0. The Morgan fingerprint density at radius 1 is 1.25 bits per heavy atom. The van der Waals surface area contributed by atoms with E-state index >= 15 is 0 Å². The van der Waals surface area contributed by atoms with Crippen molar-refractivity contribution in [1.29, 1.82) is 5.26 Å². The van der Waals surface area contributed by atoms with Crippen molar-refractivity contribution in [2.24, 2.45) is 0 Å². The number of hydrogen-bond donors (Lipinski definition) is 1. The normalized spacial score (nSPS) is 13.8. The van der Waals surface area contributed by atoms with E-state index in [4.69, 9.17) is 9.72 Å². The van der Waals surface area contributed by atoms with Crippen LogP contribution in [0.3, 0.4) is 0 Å². The Balaban J connectivity index is 1.58. The molecule has 1 aromatic carbocycles. The molecule has 3 aromatic heterocycles. The average molecular weight is 445 g/mol. The van der Waals surface area contributed by atoms with E-state index in [2.05, 4.69) is 22.4 Å². The molecule has 0 radical (unpaired) electrons. The molecule has 160 valence electrons. The predicted molar refractivity (Wildman–Crippen MR) is 123 cm³/mol. The van der Waals surface area contributed by atoms with Crippen LogP contribution < -0.4 is 5.32 Å². The molecule has 4 aromatic rings. The number of nitrogens with zero attached hydrogens (tertiary/aromatic N) is 5. The number of nitrogens with one attached hydrogen (secondary N) is 1. The van der Waals surface area contributed by atoms with Crippen molar-refractivity contribution in [2.45, 2.75) is 6.92 Å². The fraction of sp³-hybridized carbons (Fsp3) is 0.217. The van der Waals surface area contributed by atoms with Crippen molar-refractivity contribution in [1.82, 2.24) is 19.3 Å². The molecule has 9 heteroatoms. The molecule has 32 heavy (non-hydrogen) atoms. The lowest BCUT2D eigenvalue weighted by Gasteiger charge is -2.26. The smallest absolute Gasteiger partial charge is 0.323 e. The lowest BCUT2D eigenvalue weighted by Crippen LogP contribution is -2.43. The maximum atomic E-state index is 12.7. The van der Waals surface area contributed by atoms with Gasteiger partial charge in [-0.25, -0.2) is 14.8 Å². The molecule has 0 spiro atoms. The first-order valence-corrected chi connectivity index (χ1v) is 11.0. The number of ether oxygens (including phenoxy) is 1. The molecular weight excluding hydrogens is 424 g/mol. The number of imidazole rings is 1. The Morgan fingerprint density at radius 2 is 2.09 bits per heavy atom. The summed E-state index contributed by atoms with van der Waals surface area (Å²) in [6.07, 6.45) is 5.68. The third kappa shape index (κ3) is 3.82. The van der Waals surface area contributed by atoms with E-state index in [9.17, 15) is 10.1 Å². The van der Waals surface area contributed by atoms with Crippen LogP contribution in [-0.4, -0.2) is 51.6 Å². The van der Waals surface area contributed by atoms with Gasteiger partial charge in [0.2, 0.25) is 0 Å². The van der Waals surface area contributed by atoms with Crippen LogP contribution in [0.5, 0.6) is 0 Å². The minimum absolute atomic E-state index is 0.188. The molecule has 1 aliphatic rings. The molecule has 4 heterocycles. The Labute approximate surface area is 188 Å². The Morgan fingerprint density at radius 3 is 2.91 bits per heavy atom. The van der Waals surface area contributed by atoms with Crippen molar-refractivity contribution in [3.8, 4) is 27.8 Å². The molecule has 1 saturated heterocycles. The van der Waals surface area contributed by atoms with Gasteiger partial charge in [0.15, 0.2) is 5.13 Å². The van der Waals surface area contributed by atoms with E-state index in [0.717, 1.165) is 32.9 Å². The number of thiazole rings is 1. The maximum Gasteiger partial charge on any atom is 0.323 e. The number of aryl methyl sites for hydroxylation is 1. The van der Waals surface area contributed by atoms with Crippen molar-refractivity contribution in [2.75, 3.05) is 31.6 Å². The minimum Gasteiger partial charge on any atom is -0.378 e. The van der Waals surface area contributed by atoms with E-state index in [1.54, 1.807) is 17.2 Å². The van der Waals surface area contributed by atoms with E-state index < -0.39 is 0 Å². The molecule has 0 saturated carbocycles. The summed E-state index contributed by atoms with van der Waals surface area (Å²) in [5.41, 5.74) is 5.01. The summed E-state index contributed by atoms with van der Waals surface area (Å²) in [6, 6.07) is 11.4. The number of carbonyl (C=O) groups is 1. The second-order valence-corrected chi connectivity index (χ2v) is 8.49. The third-order valence-electron chi connectivity index (χ3n) is 5.34. The van der Waals surface area contributed by atoms with E-state index in [0.29, 0.717) is 37.0 Å². The minimum atomic E-state index is -0.188. The Bertz CT molecular complexity index is 1350. The monoisotopic (exact) mass is 444 g/mol. The number of pyridine rings is 1. The van der Waals surface area contributed by atoms with Crippen molar-refractivity contribution >= 4 is 28.1 Å². The van der Waals surface area contributed by atoms with Crippen LogP contribution in [-0.2, 0) is 4.74 Å². The summed E-state index contributed by atoms with van der Waals surface area (Å²) >= 11 is 1.42. The maximum absolute atomic E-state index is 12.7. The van der Waals surface area contributed by atoms with Crippen LogP contribution in [0.25, 0.3) is 27.3 Å². The first-order chi connectivity index (χ1) is 15.6. The number of hydrogen-bond acceptors (Lipinski definition) is 6. The van der Waals surface area contributed by atoms with Gasteiger partial charge in [0.05, 0.1) is 35.4 Å². The predicted octanol–water partition coefficient (Wildman–Crippen LogP) is 4.17. The number of anilines is 1. The molecule has 0 bridgehead atoms. The van der Waals surface area contributed by atoms with Gasteiger partial charge in [-0.15, -0.1) is 0 Å². The molecule has 8 nitrogen and oxygen atoms in total. The summed E-state index contributed by atoms with van der Waals surface area (Å²) < 4.78 is 7.31. The van der Waals surface area contributed by atoms with Crippen LogP contribution in [0.15, 0.2) is 48.9 Å². The number of urea groups is 1. The number of nitriles is 1. The number of fused-ring (bicyclic) bond motifs is 1. The fourth-order valence-corrected chi connectivity index (χ4v) is 4.73. The fourth-order valence-electron chi connectivity index (χ4n) is 3.77. The topological polar surface area (TPSA) is 95.5 Å². The number of aromatic nitrogens is 3. The van der Waals surface area contributed by atoms with E-state index in [1.165, 1.54) is 11.3 Å². The van der Waals surface area contributed by atoms with E-state index in [-0.39, 0.29) is 6.03 Å². The Kier molecular flexibility index (Phi) is 5.31. The highest BCUT2D eigenvalue weighted by Gasteiger charge is 2.21. The number of carbonyl (C=O) groups excluding carboxylic acids is 1. The zero-order valence-electron chi connectivity index (χ0n) is 17.4. The number of amides is 2. The Hall–Kier alpha value is -3.74. The van der Waals surface area contributed by atoms with Gasteiger partial charge >= 0.3 is 6.03 Å². The van der Waals surface area contributed by atoms with Gasteiger partial charge in [0.25, 0.3) is 0 Å². The van der Waals surface area contributed by atoms with Crippen molar-refractivity contribution < 1.29 is 9.53 Å². The molecule has 0 atom stereocenters. The van der Waals surface area contributed by atoms with Gasteiger partial charge in [-0.05, 0) is 30.7 Å². The molecule has 1 fully saturated rings. The standard InChI is InChI=1S/C23H20N6O2S/c1-15-11-18(14-29-6-5-25-21(15)29)20-19(17-4-2-3-16(12-17)13-24)26-22(32-20)27-23(30)28-7-9-31-10-8-28/h2-6,11-12,14H,7-10H2,1H3,(H,26,27,30). The molecule has 2 amide bonds. The summed E-state index contributed by atoms with van der Waals surface area (Å²) in [7, 11) is 0. The third-order valence-corrected chi connectivity index (χ3v) is 6.36. The number of benzene rings is 1. The lowest BCUT2D eigenvalue weighted by molar-refractivity contribution is 0.0564. The van der Waals surface area contributed by atoms with Gasteiger partial charge in [-0.1, -0.05) is 23.5 Å². The van der Waals surface area contributed by atoms with Gasteiger partial charge in [0.1, 0.15) is 5.65 Å². The van der Waals surface area contributed by atoms with Crippen LogP contribution in [0.1, 0.15) is 11.1 Å². The summed E-state index contributed by atoms with van der Waals surface area (Å²) in [4.78, 5) is 24.5. The van der Waals surface area contributed by atoms with E-state index in [1.807, 2.05) is 41.9 Å². The highest BCUT2D eigenvalue weighted by atomic mass is 32.1. The zero-order chi connectivity index (χ0) is 22.1. The molecule has 0 aliphatic carbocycles. The molecule has 1 aliphatic heterocycles. The van der Waals surface area contributed by atoms with Crippen LogP contribution in [0.2, 0.25) is 0 Å². The van der Waals surface area contributed by atoms with Gasteiger partial charge < -0.3 is 14.0 Å². The highest BCUT2D eigenvalue weighted by Crippen LogP contribution is 2.40. The zero-order valence-corrected chi connectivity index (χ0v) is 18.2. The summed E-state index contributed by atoms with van der Waals surface area (Å²) in [5.74, 6) is 0. The average Bonchev–Trinajstić information content (AvgIpc) is 3.47. The summed E-state index contributed by atoms with van der Waals surface area (Å²) in [6.45, 7) is 4.19. The van der Waals surface area contributed by atoms with Crippen LogP contribution in [0, 0.1) is 18.3 Å². The van der Waals surface area contributed by atoms with Gasteiger partial charge in [-0.3, -0.25) is 5.32 Å².